The summed E-state index contributed by atoms with van der Waals surface area (Å²) in [6, 6.07) is 21.6. The van der Waals surface area contributed by atoms with Crippen LogP contribution in [-0.4, -0.2) is 32.8 Å². The molecule has 0 saturated heterocycles. The molecule has 0 aliphatic carbocycles. The molecule has 32 heavy (non-hydrogen) atoms. The van der Waals surface area contributed by atoms with E-state index >= 15 is 0 Å². The fourth-order valence-corrected chi connectivity index (χ4v) is 4.88. The molecule has 1 heterocycles. The first-order valence-electron chi connectivity index (χ1n) is 10.2. The molecule has 1 aromatic heterocycles. The van der Waals surface area contributed by atoms with E-state index in [1.165, 1.54) is 19.1 Å². The summed E-state index contributed by atoms with van der Waals surface area (Å²) in [5, 5.41) is 1.03. The number of para-hydroxylation sites is 1. The van der Waals surface area contributed by atoms with Crippen molar-refractivity contribution >= 4 is 26.7 Å². The van der Waals surface area contributed by atoms with Crippen molar-refractivity contribution in [3.63, 3.8) is 0 Å². The van der Waals surface area contributed by atoms with Gasteiger partial charge in [0.05, 0.1) is 12.0 Å². The monoisotopic (exact) mass is 448 g/mol. The van der Waals surface area contributed by atoms with Crippen molar-refractivity contribution in [2.45, 2.75) is 17.7 Å². The van der Waals surface area contributed by atoms with Crippen molar-refractivity contribution in [1.82, 2.24) is 9.71 Å². The predicted molar refractivity (Wildman–Crippen MR) is 125 cm³/mol. The number of carbonyl (C=O) groups excluding carboxylic acids is 1. The van der Waals surface area contributed by atoms with E-state index in [4.69, 9.17) is 4.74 Å². The first-order valence-corrected chi connectivity index (χ1v) is 11.7. The van der Waals surface area contributed by atoms with Gasteiger partial charge in [0, 0.05) is 35.1 Å². The lowest BCUT2D eigenvalue weighted by Crippen LogP contribution is -2.29. The average Bonchev–Trinajstić information content (AvgIpc) is 3.24. The van der Waals surface area contributed by atoms with Crippen LogP contribution in [0.4, 0.5) is 0 Å². The third-order valence-electron chi connectivity index (χ3n) is 5.54. The van der Waals surface area contributed by atoms with E-state index in [0.29, 0.717) is 5.56 Å². The third-order valence-corrected chi connectivity index (χ3v) is 6.96. The van der Waals surface area contributed by atoms with Gasteiger partial charge >= 0.3 is 0 Å². The first kappa shape index (κ1) is 21.8. The number of benzene rings is 3. The van der Waals surface area contributed by atoms with E-state index < -0.39 is 10.0 Å². The first-order chi connectivity index (χ1) is 15.4. The maximum atomic E-state index is 13.0. The zero-order chi connectivity index (χ0) is 22.7. The molecule has 6 nitrogen and oxygen atoms in total. The van der Waals surface area contributed by atoms with E-state index in [0.717, 1.165) is 27.8 Å². The minimum Gasteiger partial charge on any atom is -0.497 e. The summed E-state index contributed by atoms with van der Waals surface area (Å²) in [5.74, 6) is 0.313. The van der Waals surface area contributed by atoms with Crippen LogP contribution in [0.5, 0.6) is 5.75 Å². The summed E-state index contributed by atoms with van der Waals surface area (Å²) in [6.07, 6.45) is 1.92. The Bertz CT molecular complexity index is 1360. The molecule has 0 radical (unpaired) electrons. The molecule has 4 rings (SSSR count). The van der Waals surface area contributed by atoms with Gasteiger partial charge in [-0.2, -0.15) is 0 Å². The number of carbonyl (C=O) groups is 1. The van der Waals surface area contributed by atoms with E-state index in [1.807, 2.05) is 54.7 Å². The smallest absolute Gasteiger partial charge is 0.240 e. The van der Waals surface area contributed by atoms with E-state index in [1.54, 1.807) is 19.2 Å². The van der Waals surface area contributed by atoms with Gasteiger partial charge in [0.1, 0.15) is 5.75 Å². The Morgan fingerprint density at radius 2 is 1.78 bits per heavy atom. The molecule has 0 saturated carbocycles. The molecule has 0 amide bonds. The van der Waals surface area contributed by atoms with Gasteiger partial charge in [-0.25, -0.2) is 13.1 Å². The van der Waals surface area contributed by atoms with Gasteiger partial charge in [-0.1, -0.05) is 42.5 Å². The number of hydrogen-bond donors (Lipinski definition) is 2. The predicted octanol–water partition coefficient (Wildman–Crippen LogP) is 4.49. The Labute approximate surface area is 187 Å². The summed E-state index contributed by atoms with van der Waals surface area (Å²) in [7, 11) is -2.21. The van der Waals surface area contributed by atoms with Crippen LogP contribution in [0, 0.1) is 0 Å². The number of ether oxygens (including phenoxy) is 1. The molecule has 2 N–H and O–H groups in total. The van der Waals surface area contributed by atoms with Crippen LogP contribution in [0.1, 0.15) is 34.3 Å². The second-order valence-corrected chi connectivity index (χ2v) is 9.32. The van der Waals surface area contributed by atoms with Crippen molar-refractivity contribution in [2.75, 3.05) is 13.7 Å². The molecule has 0 unspecified atom stereocenters. The Kier molecular flexibility index (Phi) is 6.12. The van der Waals surface area contributed by atoms with Crippen molar-refractivity contribution in [2.24, 2.45) is 0 Å². The van der Waals surface area contributed by atoms with Crippen LogP contribution in [0.3, 0.4) is 0 Å². The number of ketones is 1. The minimum atomic E-state index is -3.81. The summed E-state index contributed by atoms with van der Waals surface area (Å²) in [6.45, 7) is 1.57. The van der Waals surface area contributed by atoms with Gasteiger partial charge in [0.2, 0.25) is 10.0 Å². The number of aromatic nitrogens is 1. The zero-order valence-electron chi connectivity index (χ0n) is 17.8. The molecule has 164 valence electrons. The molecule has 0 aliphatic rings. The fourth-order valence-electron chi connectivity index (χ4n) is 3.78. The second-order valence-electron chi connectivity index (χ2n) is 7.55. The number of nitrogens with one attached hydrogen (secondary N) is 2. The topological polar surface area (TPSA) is 88.3 Å². The minimum absolute atomic E-state index is 0.0672. The summed E-state index contributed by atoms with van der Waals surface area (Å²) >= 11 is 0. The van der Waals surface area contributed by atoms with Crippen molar-refractivity contribution in [3.8, 4) is 5.75 Å². The van der Waals surface area contributed by atoms with Crippen molar-refractivity contribution in [1.29, 1.82) is 0 Å². The highest BCUT2D eigenvalue weighted by atomic mass is 32.2. The number of H-pyrrole nitrogens is 1. The second kappa shape index (κ2) is 8.98. The van der Waals surface area contributed by atoms with Gasteiger partial charge in [0.25, 0.3) is 0 Å². The number of methoxy groups -OCH3 is 1. The van der Waals surface area contributed by atoms with Crippen LogP contribution in [0.25, 0.3) is 10.9 Å². The molecular weight excluding hydrogens is 424 g/mol. The van der Waals surface area contributed by atoms with Gasteiger partial charge < -0.3 is 9.72 Å². The fraction of sp³-hybridized carbons (Fsp3) is 0.160. The molecule has 3 aromatic carbocycles. The lowest BCUT2D eigenvalue weighted by atomic mass is 9.91. The highest BCUT2D eigenvalue weighted by Gasteiger charge is 2.22. The maximum Gasteiger partial charge on any atom is 0.240 e. The Morgan fingerprint density at radius 1 is 1.03 bits per heavy atom. The summed E-state index contributed by atoms with van der Waals surface area (Å²) < 4.78 is 34.1. The van der Waals surface area contributed by atoms with Gasteiger partial charge in [-0.15, -0.1) is 0 Å². The number of Topliss-reactive ketones (excluding diaryl/α,β-unsaturated/α-hetero) is 1. The van der Waals surface area contributed by atoms with Gasteiger partial charge in [-0.3, -0.25) is 4.79 Å². The van der Waals surface area contributed by atoms with E-state index in [-0.39, 0.29) is 23.1 Å². The van der Waals surface area contributed by atoms with E-state index in [9.17, 15) is 13.2 Å². The summed E-state index contributed by atoms with van der Waals surface area (Å²) in [5.41, 5.74) is 3.29. The van der Waals surface area contributed by atoms with Gasteiger partial charge in [0.15, 0.2) is 5.78 Å². The number of hydrogen-bond acceptors (Lipinski definition) is 4. The number of fused-ring (bicyclic) bond motifs is 1. The van der Waals surface area contributed by atoms with Gasteiger partial charge in [-0.05, 0) is 48.4 Å². The van der Waals surface area contributed by atoms with Crippen LogP contribution in [0.2, 0.25) is 0 Å². The Balaban J connectivity index is 1.69. The van der Waals surface area contributed by atoms with E-state index in [2.05, 4.69) is 9.71 Å². The standard InChI is InChI=1S/C25H24N2O4S/c1-17(28)19-6-5-7-21(14-19)32(29,30)27-16-23(18-10-12-20(31-2)13-11-18)24-15-26-25-9-4-3-8-22(24)25/h3-15,23,26-27H,16H2,1-2H3/t23-/m0/s1. The molecule has 4 aromatic rings. The quantitative estimate of drug-likeness (QED) is 0.389. The van der Waals surface area contributed by atoms with Crippen LogP contribution >= 0.6 is 0 Å². The van der Waals surface area contributed by atoms with Crippen LogP contribution in [-0.2, 0) is 10.0 Å². The molecule has 0 aliphatic heterocycles. The SMILES string of the molecule is COc1ccc([C@H](CNS(=O)(=O)c2cccc(C(C)=O)c2)c2c[nH]c3ccccc23)cc1. The largest absolute Gasteiger partial charge is 0.497 e. The third kappa shape index (κ3) is 4.44. The molecule has 0 fully saturated rings. The highest BCUT2D eigenvalue weighted by molar-refractivity contribution is 7.89. The lowest BCUT2D eigenvalue weighted by Gasteiger charge is -2.19. The van der Waals surface area contributed by atoms with Crippen LogP contribution in [0.15, 0.2) is 83.9 Å². The number of aromatic amines is 1. The van der Waals surface area contributed by atoms with Crippen molar-refractivity contribution in [3.05, 3.63) is 95.7 Å². The Morgan fingerprint density at radius 3 is 2.50 bits per heavy atom. The normalized spacial score (nSPS) is 12.6. The van der Waals surface area contributed by atoms with Crippen molar-refractivity contribution < 1.29 is 17.9 Å². The molecule has 0 spiro atoms. The average molecular weight is 449 g/mol. The maximum absolute atomic E-state index is 13.0. The molecule has 1 atom stereocenters. The number of rotatable bonds is 8. The Hall–Kier alpha value is -3.42. The van der Waals surface area contributed by atoms with Crippen LogP contribution < -0.4 is 9.46 Å². The highest BCUT2D eigenvalue weighted by Crippen LogP contribution is 2.31. The zero-order valence-corrected chi connectivity index (χ0v) is 18.6. The lowest BCUT2D eigenvalue weighted by molar-refractivity contribution is 0.101. The number of sulfonamides is 1. The summed E-state index contributed by atoms with van der Waals surface area (Å²) in [4.78, 5) is 15.0. The molecule has 7 heteroatoms. The molecule has 0 bridgehead atoms. The molecular formula is C25H24N2O4S.